The third kappa shape index (κ3) is 3.57. The molecule has 0 bridgehead atoms. The van der Waals surface area contributed by atoms with Gasteiger partial charge in [-0.3, -0.25) is 0 Å². The molecule has 0 fully saturated rings. The molecule has 3 rings (SSSR count). The van der Waals surface area contributed by atoms with E-state index in [0.29, 0.717) is 22.7 Å². The van der Waals surface area contributed by atoms with E-state index >= 15 is 0 Å². The predicted molar refractivity (Wildman–Crippen MR) is 107 cm³/mol. The Hall–Kier alpha value is -3.32. The van der Waals surface area contributed by atoms with Gasteiger partial charge in [0.1, 0.15) is 0 Å². The molecule has 3 N–H and O–H groups in total. The van der Waals surface area contributed by atoms with Crippen molar-refractivity contribution in [2.75, 3.05) is 14.2 Å². The van der Waals surface area contributed by atoms with Crippen LogP contribution < -0.4 is 10.1 Å². The molecule has 7 nitrogen and oxygen atoms in total. The highest BCUT2D eigenvalue weighted by Crippen LogP contribution is 2.34. The van der Waals surface area contributed by atoms with Crippen molar-refractivity contribution in [1.82, 2.24) is 10.3 Å². The summed E-state index contributed by atoms with van der Waals surface area (Å²) in [4.78, 5) is 12.4. The van der Waals surface area contributed by atoms with Crippen LogP contribution in [-0.2, 0) is 0 Å². The number of methoxy groups -OCH3 is 1. The number of fused-ring (bicyclic) bond motifs is 1. The van der Waals surface area contributed by atoms with Gasteiger partial charge in [-0.25, -0.2) is 4.79 Å². The Morgan fingerprint density at radius 3 is 2.50 bits per heavy atom. The summed E-state index contributed by atoms with van der Waals surface area (Å²) in [7, 11) is 3.02. The van der Waals surface area contributed by atoms with Crippen LogP contribution in [0.2, 0.25) is 0 Å². The molecule has 28 heavy (non-hydrogen) atoms. The number of nitrogens with zero attached hydrogens (tertiary/aromatic N) is 2. The highest BCUT2D eigenvalue weighted by atomic mass is 16.5. The van der Waals surface area contributed by atoms with E-state index in [0.717, 1.165) is 16.7 Å². The minimum atomic E-state index is -0.586. The molecule has 0 radical (unpaired) electrons. The Morgan fingerprint density at radius 2 is 1.93 bits per heavy atom. The summed E-state index contributed by atoms with van der Waals surface area (Å²) in [5.41, 5.74) is 4.07. The van der Waals surface area contributed by atoms with Crippen molar-refractivity contribution in [3.8, 4) is 11.5 Å². The number of rotatable bonds is 3. The van der Waals surface area contributed by atoms with Crippen molar-refractivity contribution < 1.29 is 19.7 Å². The summed E-state index contributed by atoms with van der Waals surface area (Å²) in [6.07, 6.45) is 1.23. The number of aliphatic hydroxyl groups excluding tert-OH is 1. The Bertz CT molecular complexity index is 962. The predicted octanol–water partition coefficient (Wildman–Crippen LogP) is 3.22. The molecule has 146 valence electrons. The summed E-state index contributed by atoms with van der Waals surface area (Å²) in [5, 5.41) is 28.5. The molecule has 0 spiro atoms. The van der Waals surface area contributed by atoms with Crippen LogP contribution in [0.15, 0.2) is 47.2 Å². The lowest BCUT2D eigenvalue weighted by Gasteiger charge is -2.17. The van der Waals surface area contributed by atoms with Gasteiger partial charge < -0.3 is 20.3 Å². The number of carbonyl (C=O) groups excluding carboxylic acids is 1. The Morgan fingerprint density at radius 1 is 1.25 bits per heavy atom. The standard InChI is InChI=1S/C21H23N3O4/c1-12-9-16-10-19(28-4)18(26)11-17(16)20(23-24(12)21(27)22-3)15-7-5-14(6-8-15)13(2)25/h5-11,13,25-26H,1-4H3,(H,22,27). The summed E-state index contributed by atoms with van der Waals surface area (Å²) >= 11 is 0. The van der Waals surface area contributed by atoms with Gasteiger partial charge in [-0.05, 0) is 43.2 Å². The number of aliphatic hydroxyl groups is 1. The molecule has 0 saturated heterocycles. The number of phenols is 1. The fourth-order valence-corrected chi connectivity index (χ4v) is 3.04. The SMILES string of the molecule is CNC(=O)N1N=C(c2ccc(C(C)O)cc2)c2cc(O)c(OC)cc2C=C1C. The molecular formula is C21H23N3O4. The molecule has 1 unspecified atom stereocenters. The molecule has 1 heterocycles. The van der Waals surface area contributed by atoms with Gasteiger partial charge in [0, 0.05) is 23.9 Å². The van der Waals surface area contributed by atoms with Crippen molar-refractivity contribution in [3.05, 3.63) is 64.3 Å². The summed E-state index contributed by atoms with van der Waals surface area (Å²) in [6, 6.07) is 10.2. The Kier molecular flexibility index (Phi) is 5.37. The number of hydrazone groups is 1. The highest BCUT2D eigenvalue weighted by Gasteiger charge is 2.23. The number of benzene rings is 2. The van der Waals surface area contributed by atoms with E-state index in [-0.39, 0.29) is 11.8 Å². The van der Waals surface area contributed by atoms with E-state index in [1.54, 1.807) is 38.1 Å². The van der Waals surface area contributed by atoms with Gasteiger partial charge in [0.25, 0.3) is 0 Å². The van der Waals surface area contributed by atoms with E-state index in [1.165, 1.54) is 19.2 Å². The van der Waals surface area contributed by atoms with Gasteiger partial charge in [0.05, 0.1) is 18.9 Å². The number of aromatic hydroxyl groups is 1. The molecule has 1 aliphatic heterocycles. The fraction of sp³-hybridized carbons (Fsp3) is 0.238. The number of hydrogen-bond acceptors (Lipinski definition) is 5. The van der Waals surface area contributed by atoms with Crippen molar-refractivity contribution in [2.45, 2.75) is 20.0 Å². The highest BCUT2D eigenvalue weighted by molar-refractivity contribution is 6.16. The molecule has 0 saturated carbocycles. The number of allylic oxidation sites excluding steroid dienone is 1. The van der Waals surface area contributed by atoms with Crippen molar-refractivity contribution in [1.29, 1.82) is 0 Å². The van der Waals surface area contributed by atoms with E-state index in [9.17, 15) is 15.0 Å². The van der Waals surface area contributed by atoms with Crippen LogP contribution in [0.4, 0.5) is 4.79 Å². The first kappa shape index (κ1) is 19.4. The van der Waals surface area contributed by atoms with Crippen molar-refractivity contribution >= 4 is 17.8 Å². The second kappa shape index (κ2) is 7.74. The number of carbonyl (C=O) groups is 1. The Balaban J connectivity index is 2.23. The van der Waals surface area contributed by atoms with Gasteiger partial charge in [-0.1, -0.05) is 24.3 Å². The van der Waals surface area contributed by atoms with E-state index in [2.05, 4.69) is 10.4 Å². The molecule has 0 aromatic heterocycles. The fourth-order valence-electron chi connectivity index (χ4n) is 3.04. The second-order valence-electron chi connectivity index (χ2n) is 6.51. The molecule has 1 aliphatic rings. The monoisotopic (exact) mass is 381 g/mol. The maximum atomic E-state index is 12.4. The molecule has 7 heteroatoms. The van der Waals surface area contributed by atoms with Crippen LogP contribution in [-0.4, -0.2) is 41.1 Å². The van der Waals surface area contributed by atoms with Crippen molar-refractivity contribution in [2.24, 2.45) is 5.10 Å². The van der Waals surface area contributed by atoms with Gasteiger partial charge in [0.15, 0.2) is 11.5 Å². The van der Waals surface area contributed by atoms with Crippen LogP contribution in [0.5, 0.6) is 11.5 Å². The average molecular weight is 381 g/mol. The summed E-state index contributed by atoms with van der Waals surface area (Å²) in [6.45, 7) is 3.47. The van der Waals surface area contributed by atoms with Crippen LogP contribution in [0.25, 0.3) is 6.08 Å². The van der Waals surface area contributed by atoms with Crippen LogP contribution in [0, 0.1) is 0 Å². The van der Waals surface area contributed by atoms with Crippen LogP contribution >= 0.6 is 0 Å². The molecule has 2 aromatic rings. The largest absolute Gasteiger partial charge is 0.504 e. The average Bonchev–Trinajstić information content (AvgIpc) is 2.82. The minimum absolute atomic E-state index is 0.0194. The first-order valence-corrected chi connectivity index (χ1v) is 8.84. The normalized spacial score (nSPS) is 14.4. The van der Waals surface area contributed by atoms with Crippen LogP contribution in [0.1, 0.15) is 42.2 Å². The lowest BCUT2D eigenvalue weighted by atomic mass is 9.95. The zero-order valence-corrected chi connectivity index (χ0v) is 16.2. The van der Waals surface area contributed by atoms with Gasteiger partial charge in [-0.15, -0.1) is 0 Å². The van der Waals surface area contributed by atoms with Crippen molar-refractivity contribution in [3.63, 3.8) is 0 Å². The summed E-state index contributed by atoms with van der Waals surface area (Å²) in [5.74, 6) is 0.314. The first-order chi connectivity index (χ1) is 13.3. The van der Waals surface area contributed by atoms with E-state index in [4.69, 9.17) is 4.74 Å². The molecular weight excluding hydrogens is 358 g/mol. The molecule has 2 amide bonds. The lowest BCUT2D eigenvalue weighted by Crippen LogP contribution is -2.33. The zero-order chi connectivity index (χ0) is 20.4. The van der Waals surface area contributed by atoms with Gasteiger partial charge >= 0.3 is 6.03 Å². The maximum Gasteiger partial charge on any atom is 0.342 e. The number of hydrogen-bond donors (Lipinski definition) is 3. The number of urea groups is 1. The zero-order valence-electron chi connectivity index (χ0n) is 16.2. The quantitative estimate of drug-likeness (QED) is 0.761. The minimum Gasteiger partial charge on any atom is -0.504 e. The molecule has 1 atom stereocenters. The first-order valence-electron chi connectivity index (χ1n) is 8.84. The third-order valence-electron chi connectivity index (χ3n) is 4.58. The number of phenolic OH excluding ortho intramolecular Hbond substituents is 1. The molecule has 0 aliphatic carbocycles. The van der Waals surface area contributed by atoms with Gasteiger partial charge in [0.2, 0.25) is 0 Å². The topological polar surface area (TPSA) is 94.4 Å². The van der Waals surface area contributed by atoms with E-state index in [1.807, 2.05) is 18.2 Å². The smallest absolute Gasteiger partial charge is 0.342 e. The lowest BCUT2D eigenvalue weighted by molar-refractivity contribution is 0.199. The number of nitrogens with one attached hydrogen (secondary N) is 1. The number of amides is 2. The maximum absolute atomic E-state index is 12.4. The second-order valence-corrected chi connectivity index (χ2v) is 6.51. The van der Waals surface area contributed by atoms with E-state index < -0.39 is 6.10 Å². The molecule has 2 aromatic carbocycles. The Labute approximate surface area is 163 Å². The third-order valence-corrected chi connectivity index (χ3v) is 4.58. The van der Waals surface area contributed by atoms with Gasteiger partial charge in [-0.2, -0.15) is 10.1 Å². The number of ether oxygens (including phenoxy) is 1. The van der Waals surface area contributed by atoms with Crippen LogP contribution in [0.3, 0.4) is 0 Å². The summed E-state index contributed by atoms with van der Waals surface area (Å²) < 4.78 is 5.23.